The number of esters is 1. The third-order valence-corrected chi connectivity index (χ3v) is 9.99. The fourth-order valence-corrected chi connectivity index (χ4v) is 6.43. The minimum Gasteiger partial charge on any atom is -0.480 e. The molecule has 0 aromatic rings. The molecule has 12 heteroatoms. The number of aliphatic hydroxyl groups excluding tert-OH is 1. The van der Waals surface area contributed by atoms with Gasteiger partial charge in [0.25, 0.3) is 0 Å². The maximum atomic E-state index is 12.3. The van der Waals surface area contributed by atoms with E-state index in [0.29, 0.717) is 12.8 Å². The van der Waals surface area contributed by atoms with E-state index < -0.39 is 57.6 Å². The van der Waals surface area contributed by atoms with E-state index >= 15 is 0 Å². The van der Waals surface area contributed by atoms with Crippen molar-refractivity contribution >= 4 is 25.7 Å². The number of carbonyl (C=O) groups is 3. The number of hydrogen-bond acceptors (Lipinski definition) is 8. The number of aliphatic hydroxyl groups is 1. The average Bonchev–Trinajstić information content (AvgIpc) is 3.18. The normalized spacial score (nSPS) is 14.3. The molecule has 0 spiro atoms. The van der Waals surface area contributed by atoms with Crippen LogP contribution >= 0.6 is 7.82 Å². The van der Waals surface area contributed by atoms with Crippen LogP contribution in [-0.4, -0.2) is 64.9 Å². The molecule has 0 bridgehead atoms. The number of rotatable bonds is 40. The van der Waals surface area contributed by atoms with Gasteiger partial charge < -0.3 is 25.2 Å². The van der Waals surface area contributed by atoms with Gasteiger partial charge in [-0.3, -0.25) is 18.6 Å². The van der Waals surface area contributed by atoms with Gasteiger partial charge in [0, 0.05) is 12.8 Å². The molecule has 0 aromatic carbocycles. The van der Waals surface area contributed by atoms with Crippen molar-refractivity contribution in [2.45, 2.75) is 187 Å². The van der Waals surface area contributed by atoms with E-state index in [1.165, 1.54) is 25.7 Å². The SMILES string of the molecule is CC/C=C\C/C=C\C/C=C\CCCCCCCCCC(=O)NC(COP(=O)(O)OCC(O)COC(=O)CCCCCCC/C=C\C/C=C\CCCCCC)C(=O)O. The summed E-state index contributed by atoms with van der Waals surface area (Å²) in [4.78, 5) is 45.9. The monoisotopic (exact) mass is 824 g/mol. The lowest BCUT2D eigenvalue weighted by Gasteiger charge is -2.18. The van der Waals surface area contributed by atoms with Gasteiger partial charge in [-0.25, -0.2) is 9.36 Å². The molecule has 0 rings (SSSR count). The van der Waals surface area contributed by atoms with Crippen molar-refractivity contribution in [3.63, 3.8) is 0 Å². The Labute approximate surface area is 345 Å². The van der Waals surface area contributed by atoms with Gasteiger partial charge in [0.15, 0.2) is 6.04 Å². The number of unbranched alkanes of at least 4 members (excludes halogenated alkanes) is 16. The first-order valence-electron chi connectivity index (χ1n) is 21.8. The number of nitrogens with one attached hydrogen (secondary N) is 1. The van der Waals surface area contributed by atoms with Crippen LogP contribution in [0.5, 0.6) is 0 Å². The second kappa shape index (κ2) is 40.0. The Morgan fingerprint density at radius 2 is 1.02 bits per heavy atom. The molecule has 3 unspecified atom stereocenters. The molecule has 0 heterocycles. The summed E-state index contributed by atoms with van der Waals surface area (Å²) in [5, 5.41) is 21.8. The molecule has 328 valence electrons. The molecule has 0 aliphatic heterocycles. The minimum absolute atomic E-state index is 0.131. The zero-order valence-corrected chi connectivity index (χ0v) is 36.3. The lowest BCUT2D eigenvalue weighted by Crippen LogP contribution is -2.43. The number of phosphoric ester groups is 1. The summed E-state index contributed by atoms with van der Waals surface area (Å²) in [5.41, 5.74) is 0. The molecule has 1 amide bonds. The van der Waals surface area contributed by atoms with Crippen LogP contribution in [0.2, 0.25) is 0 Å². The van der Waals surface area contributed by atoms with Crippen molar-refractivity contribution in [3.8, 4) is 0 Å². The smallest absolute Gasteiger partial charge is 0.472 e. The second-order valence-electron chi connectivity index (χ2n) is 14.5. The van der Waals surface area contributed by atoms with Crippen molar-refractivity contribution < 1.29 is 47.8 Å². The van der Waals surface area contributed by atoms with Crippen molar-refractivity contribution in [3.05, 3.63) is 60.8 Å². The summed E-state index contributed by atoms with van der Waals surface area (Å²) in [5.74, 6) is -2.41. The van der Waals surface area contributed by atoms with Crippen LogP contribution in [-0.2, 0) is 32.7 Å². The molecule has 0 fully saturated rings. The maximum absolute atomic E-state index is 12.3. The number of aliphatic carboxylic acids is 1. The zero-order chi connectivity index (χ0) is 42.1. The fraction of sp³-hybridized carbons (Fsp3) is 0.711. The second-order valence-corrected chi connectivity index (χ2v) is 16.0. The number of ether oxygens (including phenoxy) is 1. The Morgan fingerprint density at radius 3 is 1.53 bits per heavy atom. The summed E-state index contributed by atoms with van der Waals surface area (Å²) in [6, 6.07) is -1.56. The third-order valence-electron chi connectivity index (χ3n) is 9.04. The highest BCUT2D eigenvalue weighted by molar-refractivity contribution is 7.47. The van der Waals surface area contributed by atoms with E-state index in [-0.39, 0.29) is 12.8 Å². The first kappa shape index (κ1) is 54.2. The number of carboxylic acid groups (broad SMARTS) is 1. The Hall–Kier alpha value is -2.82. The minimum atomic E-state index is -4.76. The molecule has 0 aromatic heterocycles. The van der Waals surface area contributed by atoms with Gasteiger partial charge >= 0.3 is 19.8 Å². The van der Waals surface area contributed by atoms with Gasteiger partial charge in [-0.2, -0.15) is 0 Å². The summed E-state index contributed by atoms with van der Waals surface area (Å²) in [6.07, 6.45) is 45.2. The Kier molecular flexibility index (Phi) is 38.0. The van der Waals surface area contributed by atoms with Crippen LogP contribution in [0.1, 0.15) is 174 Å². The van der Waals surface area contributed by atoms with Gasteiger partial charge in [0.2, 0.25) is 5.91 Å². The first-order valence-corrected chi connectivity index (χ1v) is 23.3. The largest absolute Gasteiger partial charge is 0.480 e. The standard InChI is InChI=1S/C45H78NO10P/c1-3-5-7-9-11-13-15-17-19-21-22-24-26-28-30-32-34-36-43(48)46-42(45(50)51)40-56-57(52,53)55-39-41(47)38-54-44(49)37-35-33-31-29-27-25-23-20-18-16-14-12-10-8-6-4-2/h5,7,11,13-14,16-17,19-20,23,41-42,47H,3-4,6,8-10,12,15,18,21-22,24-40H2,1-2H3,(H,46,48)(H,50,51)(H,52,53)/b7-5-,13-11-,16-14-,19-17-,23-20-. The number of carbonyl (C=O) groups excluding carboxylic acids is 2. The molecule has 0 aliphatic rings. The highest BCUT2D eigenvalue weighted by atomic mass is 31.2. The topological polar surface area (TPSA) is 169 Å². The lowest BCUT2D eigenvalue weighted by atomic mass is 10.1. The van der Waals surface area contributed by atoms with Crippen LogP contribution in [0.4, 0.5) is 0 Å². The molecule has 0 aliphatic carbocycles. The quantitative estimate of drug-likeness (QED) is 0.0202. The van der Waals surface area contributed by atoms with Gasteiger partial charge in [-0.15, -0.1) is 0 Å². The summed E-state index contributed by atoms with van der Waals surface area (Å²) in [7, 11) is -4.76. The highest BCUT2D eigenvalue weighted by Gasteiger charge is 2.28. The molecule has 3 atom stereocenters. The van der Waals surface area contributed by atoms with E-state index in [2.05, 4.69) is 79.9 Å². The number of hydrogen-bond donors (Lipinski definition) is 4. The van der Waals surface area contributed by atoms with Crippen LogP contribution in [0.15, 0.2) is 60.8 Å². The average molecular weight is 824 g/mol. The van der Waals surface area contributed by atoms with Crippen LogP contribution in [0.3, 0.4) is 0 Å². The van der Waals surface area contributed by atoms with Crippen LogP contribution < -0.4 is 5.32 Å². The maximum Gasteiger partial charge on any atom is 0.472 e. The van der Waals surface area contributed by atoms with E-state index in [1.54, 1.807) is 0 Å². The van der Waals surface area contributed by atoms with Gasteiger partial charge in [-0.1, -0.05) is 145 Å². The summed E-state index contributed by atoms with van der Waals surface area (Å²) in [6.45, 7) is 2.43. The predicted molar refractivity (Wildman–Crippen MR) is 231 cm³/mol. The van der Waals surface area contributed by atoms with Crippen molar-refractivity contribution in [2.75, 3.05) is 19.8 Å². The Balaban J connectivity index is 3.95. The molecule has 0 saturated heterocycles. The molecule has 4 N–H and O–H groups in total. The number of carboxylic acids is 1. The predicted octanol–water partition coefficient (Wildman–Crippen LogP) is 11.2. The van der Waals surface area contributed by atoms with E-state index in [9.17, 15) is 34.1 Å². The van der Waals surface area contributed by atoms with Gasteiger partial charge in [0.1, 0.15) is 12.7 Å². The lowest BCUT2D eigenvalue weighted by molar-refractivity contribution is -0.147. The van der Waals surface area contributed by atoms with E-state index in [4.69, 9.17) is 13.8 Å². The third kappa shape index (κ3) is 39.8. The van der Waals surface area contributed by atoms with Crippen molar-refractivity contribution in [1.82, 2.24) is 5.32 Å². The molecule has 11 nitrogen and oxygen atoms in total. The van der Waals surface area contributed by atoms with Crippen molar-refractivity contribution in [1.29, 1.82) is 0 Å². The molecule has 0 radical (unpaired) electrons. The van der Waals surface area contributed by atoms with Crippen LogP contribution in [0, 0.1) is 0 Å². The fourth-order valence-electron chi connectivity index (χ4n) is 5.65. The Bertz CT molecular complexity index is 1200. The first-order chi connectivity index (χ1) is 27.6. The molecule has 57 heavy (non-hydrogen) atoms. The number of phosphoric acid groups is 1. The highest BCUT2D eigenvalue weighted by Crippen LogP contribution is 2.43. The number of allylic oxidation sites excluding steroid dienone is 10. The summed E-state index contributed by atoms with van der Waals surface area (Å²) < 4.78 is 26.8. The molecular weight excluding hydrogens is 745 g/mol. The van der Waals surface area contributed by atoms with Crippen LogP contribution in [0.25, 0.3) is 0 Å². The number of amides is 1. The van der Waals surface area contributed by atoms with Crippen molar-refractivity contribution in [2.24, 2.45) is 0 Å². The van der Waals surface area contributed by atoms with E-state index in [1.807, 2.05) is 0 Å². The summed E-state index contributed by atoms with van der Waals surface area (Å²) >= 11 is 0. The Morgan fingerprint density at radius 1 is 0.579 bits per heavy atom. The van der Waals surface area contributed by atoms with Gasteiger partial charge in [-0.05, 0) is 77.0 Å². The van der Waals surface area contributed by atoms with E-state index in [0.717, 1.165) is 109 Å². The zero-order valence-electron chi connectivity index (χ0n) is 35.4. The molecular formula is C45H78NO10P. The molecule has 0 saturated carbocycles. The van der Waals surface area contributed by atoms with Gasteiger partial charge in [0.05, 0.1) is 13.2 Å².